The number of rotatable bonds is 5. The van der Waals surface area contributed by atoms with E-state index in [1.165, 1.54) is 0 Å². The van der Waals surface area contributed by atoms with Gasteiger partial charge in [-0.25, -0.2) is 4.79 Å². The molecule has 0 saturated carbocycles. The first-order valence-corrected chi connectivity index (χ1v) is 4.04. The highest BCUT2D eigenvalue weighted by Gasteiger charge is 2.80. The molecule has 0 spiro atoms. The minimum absolute atomic E-state index is 0.694. The third kappa shape index (κ3) is 2.15. The maximum Gasteiger partial charge on any atom is 0.382 e. The van der Waals surface area contributed by atoms with Crippen molar-refractivity contribution in [2.45, 2.75) is 30.6 Å². The van der Waals surface area contributed by atoms with Crippen molar-refractivity contribution >= 4 is 5.97 Å². The van der Waals surface area contributed by atoms with Crippen LogP contribution < -0.4 is 0 Å². The van der Waals surface area contributed by atoms with Crippen LogP contribution in [0.25, 0.3) is 0 Å². The quantitative estimate of drug-likeness (QED) is 0.622. The van der Waals surface area contributed by atoms with E-state index in [2.05, 4.69) is 0 Å². The summed E-state index contributed by atoms with van der Waals surface area (Å²) in [6, 6.07) is 0. The van der Waals surface area contributed by atoms with Crippen molar-refractivity contribution in [1.82, 2.24) is 0 Å². The van der Waals surface area contributed by atoms with E-state index in [4.69, 9.17) is 5.11 Å². The molecule has 0 heterocycles. The Morgan fingerprint density at radius 1 is 0.944 bits per heavy atom. The summed E-state index contributed by atoms with van der Waals surface area (Å²) in [6.07, 6.45) is 0. The molecular formula is C8H6F8O2. The summed E-state index contributed by atoms with van der Waals surface area (Å²) < 4.78 is 101. The molecule has 0 amide bonds. The third-order valence-corrected chi connectivity index (χ3v) is 1.98. The van der Waals surface area contributed by atoms with Crippen LogP contribution in [0.2, 0.25) is 0 Å². The van der Waals surface area contributed by atoms with Crippen molar-refractivity contribution in [2.24, 2.45) is 0 Å². The van der Waals surface area contributed by atoms with E-state index in [-0.39, 0.29) is 0 Å². The molecular weight excluding hydrogens is 280 g/mol. The second-order valence-electron chi connectivity index (χ2n) is 3.40. The summed E-state index contributed by atoms with van der Waals surface area (Å²) >= 11 is 0. The van der Waals surface area contributed by atoms with Crippen LogP contribution in [0.4, 0.5) is 35.1 Å². The Bertz CT molecular complexity index is 368. The van der Waals surface area contributed by atoms with Crippen LogP contribution in [-0.2, 0) is 4.79 Å². The minimum Gasteiger partial charge on any atom is -0.478 e. The number of halogens is 8. The van der Waals surface area contributed by atoms with Gasteiger partial charge in [-0.2, -0.15) is 35.1 Å². The number of carboxylic acid groups (broad SMARTS) is 1. The van der Waals surface area contributed by atoms with Gasteiger partial charge in [-0.15, -0.1) is 0 Å². The van der Waals surface area contributed by atoms with E-state index < -0.39 is 42.2 Å². The predicted octanol–water partition coefficient (Wildman–Crippen LogP) is 3.19. The van der Waals surface area contributed by atoms with Gasteiger partial charge in [-0.05, 0) is 0 Å². The average Bonchev–Trinajstić information content (AvgIpc) is 2.13. The number of hydrogen-bond acceptors (Lipinski definition) is 1. The van der Waals surface area contributed by atoms with Gasteiger partial charge in [-0.3, -0.25) is 0 Å². The van der Waals surface area contributed by atoms with Gasteiger partial charge in [0.1, 0.15) is 5.57 Å². The Hall–Kier alpha value is -1.35. The second kappa shape index (κ2) is 4.09. The van der Waals surface area contributed by atoms with Crippen LogP contribution in [-0.4, -0.2) is 34.8 Å². The summed E-state index contributed by atoms with van der Waals surface area (Å²) in [6.45, 7) is 1.29. The zero-order valence-corrected chi connectivity index (χ0v) is 8.59. The maximum atomic E-state index is 12.8. The van der Waals surface area contributed by atoms with Crippen molar-refractivity contribution < 1.29 is 45.0 Å². The van der Waals surface area contributed by atoms with Crippen LogP contribution in [0.1, 0.15) is 6.92 Å². The van der Waals surface area contributed by atoms with Gasteiger partial charge in [0, 0.05) is 6.92 Å². The SMILES string of the molecule is C=C(C(=O)O)C(F)(F)C(F)(F)C(F)(F)C(C)(F)F. The summed E-state index contributed by atoms with van der Waals surface area (Å²) in [5, 5.41) is 8.00. The molecule has 0 aliphatic rings. The molecule has 0 atom stereocenters. The Kier molecular flexibility index (Phi) is 3.79. The fraction of sp³-hybridized carbons (Fsp3) is 0.625. The molecule has 106 valence electrons. The lowest BCUT2D eigenvalue weighted by molar-refractivity contribution is -0.353. The highest BCUT2D eigenvalue weighted by atomic mass is 19.4. The van der Waals surface area contributed by atoms with E-state index in [1.54, 1.807) is 0 Å². The Morgan fingerprint density at radius 2 is 1.28 bits per heavy atom. The Morgan fingerprint density at radius 3 is 1.50 bits per heavy atom. The first-order chi connectivity index (χ1) is 7.60. The van der Waals surface area contributed by atoms with E-state index in [9.17, 15) is 39.9 Å². The lowest BCUT2D eigenvalue weighted by Gasteiger charge is -2.35. The van der Waals surface area contributed by atoms with Crippen LogP contribution in [0, 0.1) is 0 Å². The Labute approximate surface area is 94.9 Å². The summed E-state index contributed by atoms with van der Waals surface area (Å²) in [5.74, 6) is -27.3. The molecule has 0 unspecified atom stereocenters. The zero-order chi connectivity index (χ0) is 15.2. The molecule has 0 aromatic heterocycles. The molecule has 10 heteroatoms. The average molecular weight is 286 g/mol. The molecule has 2 nitrogen and oxygen atoms in total. The van der Waals surface area contributed by atoms with Gasteiger partial charge in [0.05, 0.1) is 0 Å². The van der Waals surface area contributed by atoms with Gasteiger partial charge in [0.2, 0.25) is 0 Å². The van der Waals surface area contributed by atoms with Crippen molar-refractivity contribution in [2.75, 3.05) is 0 Å². The van der Waals surface area contributed by atoms with E-state index in [0.29, 0.717) is 0 Å². The van der Waals surface area contributed by atoms with Gasteiger partial charge in [-0.1, -0.05) is 6.58 Å². The van der Waals surface area contributed by atoms with Gasteiger partial charge in [0.25, 0.3) is 0 Å². The van der Waals surface area contributed by atoms with Crippen LogP contribution in [0.15, 0.2) is 12.2 Å². The number of carbonyl (C=O) groups is 1. The predicted molar refractivity (Wildman–Crippen MR) is 42.2 cm³/mol. The number of alkyl halides is 8. The highest BCUT2D eigenvalue weighted by Crippen LogP contribution is 2.54. The lowest BCUT2D eigenvalue weighted by atomic mass is 9.95. The van der Waals surface area contributed by atoms with Crippen LogP contribution in [0.5, 0.6) is 0 Å². The molecule has 1 N–H and O–H groups in total. The normalized spacial score (nSPS) is 14.5. The summed E-state index contributed by atoms with van der Waals surface area (Å²) in [5.41, 5.74) is -2.61. The first-order valence-electron chi connectivity index (χ1n) is 4.04. The molecule has 0 saturated heterocycles. The van der Waals surface area contributed by atoms with Gasteiger partial charge >= 0.3 is 29.7 Å². The maximum absolute atomic E-state index is 12.8. The topological polar surface area (TPSA) is 37.3 Å². The number of aliphatic carboxylic acids is 1. The second-order valence-corrected chi connectivity index (χ2v) is 3.40. The molecule has 0 rings (SSSR count). The third-order valence-electron chi connectivity index (χ3n) is 1.98. The number of carboxylic acids is 1. The fourth-order valence-corrected chi connectivity index (χ4v) is 0.797. The summed E-state index contributed by atoms with van der Waals surface area (Å²) in [4.78, 5) is 10.0. The smallest absolute Gasteiger partial charge is 0.382 e. The lowest BCUT2D eigenvalue weighted by Crippen LogP contribution is -2.62. The fourth-order valence-electron chi connectivity index (χ4n) is 0.797. The molecule has 0 fully saturated rings. The van der Waals surface area contributed by atoms with Gasteiger partial charge < -0.3 is 5.11 Å². The highest BCUT2D eigenvalue weighted by molar-refractivity contribution is 5.88. The van der Waals surface area contributed by atoms with E-state index in [1.807, 2.05) is 6.58 Å². The monoisotopic (exact) mass is 286 g/mol. The molecule has 18 heavy (non-hydrogen) atoms. The van der Waals surface area contributed by atoms with E-state index >= 15 is 0 Å². The van der Waals surface area contributed by atoms with Crippen molar-refractivity contribution in [3.05, 3.63) is 12.2 Å². The molecule has 0 aliphatic carbocycles. The molecule has 0 radical (unpaired) electrons. The minimum atomic E-state index is -6.62. The first kappa shape index (κ1) is 16.6. The largest absolute Gasteiger partial charge is 0.478 e. The molecule has 0 aromatic carbocycles. The standard InChI is InChI=1S/C8H6F8O2/c1-3(4(17)18)6(11,12)8(15,16)7(13,14)5(2,9)10/h1H2,2H3,(H,17,18). The Balaban J connectivity index is 5.79. The molecule has 0 aromatic rings. The van der Waals surface area contributed by atoms with Crippen molar-refractivity contribution in [3.8, 4) is 0 Å². The van der Waals surface area contributed by atoms with E-state index in [0.717, 1.165) is 0 Å². The number of hydrogen-bond donors (Lipinski definition) is 1. The molecule has 0 bridgehead atoms. The zero-order valence-electron chi connectivity index (χ0n) is 8.59. The van der Waals surface area contributed by atoms with Crippen molar-refractivity contribution in [1.29, 1.82) is 0 Å². The van der Waals surface area contributed by atoms with Crippen molar-refractivity contribution in [3.63, 3.8) is 0 Å². The van der Waals surface area contributed by atoms with Crippen LogP contribution in [0.3, 0.4) is 0 Å². The van der Waals surface area contributed by atoms with Gasteiger partial charge in [0.15, 0.2) is 0 Å². The summed E-state index contributed by atoms with van der Waals surface area (Å²) in [7, 11) is 0. The van der Waals surface area contributed by atoms with Crippen LogP contribution >= 0.6 is 0 Å². The molecule has 0 aliphatic heterocycles.